The predicted molar refractivity (Wildman–Crippen MR) is 114 cm³/mol. The summed E-state index contributed by atoms with van der Waals surface area (Å²) < 4.78 is 5.63. The van der Waals surface area contributed by atoms with Crippen molar-refractivity contribution in [3.63, 3.8) is 0 Å². The van der Waals surface area contributed by atoms with E-state index in [1.54, 1.807) is 0 Å². The number of rotatable bonds is 4. The van der Waals surface area contributed by atoms with Gasteiger partial charge in [0.05, 0.1) is 11.6 Å². The predicted octanol–water partition coefficient (Wildman–Crippen LogP) is 4.38. The highest BCUT2D eigenvalue weighted by Gasteiger charge is 2.47. The number of nitrogens with zero attached hydrogens (tertiary/aromatic N) is 1. The highest BCUT2D eigenvalue weighted by Crippen LogP contribution is 2.51. The molecule has 1 amide bonds. The van der Waals surface area contributed by atoms with E-state index >= 15 is 0 Å². The molecule has 1 atom stereocenters. The molecule has 1 aliphatic carbocycles. The first-order valence-electron chi connectivity index (χ1n) is 10.5. The standard InChI is InChI=1S/C25H26N2O2/c28-23(12-11-20-10-9-18-5-2-4-8-22(18)26-20)27-24-21-7-3-1-6-19(21)17-25(24)13-15-29-16-14-25/h1-10,24H,11-17H2,(H,27,28)/t24-/m0/s1. The minimum absolute atomic E-state index is 0.0830. The molecule has 1 aliphatic heterocycles. The molecule has 2 heterocycles. The van der Waals surface area contributed by atoms with Crippen molar-refractivity contribution >= 4 is 16.8 Å². The Morgan fingerprint density at radius 1 is 1.03 bits per heavy atom. The number of para-hydroxylation sites is 1. The number of fused-ring (bicyclic) bond motifs is 2. The molecular weight excluding hydrogens is 360 g/mol. The van der Waals surface area contributed by atoms with Crippen molar-refractivity contribution in [3.05, 3.63) is 77.5 Å². The molecule has 5 rings (SSSR count). The lowest BCUT2D eigenvalue weighted by Crippen LogP contribution is -2.42. The van der Waals surface area contributed by atoms with Gasteiger partial charge in [0.2, 0.25) is 5.91 Å². The molecule has 29 heavy (non-hydrogen) atoms. The maximum absolute atomic E-state index is 12.9. The Labute approximate surface area is 171 Å². The fourth-order valence-corrected chi connectivity index (χ4v) is 4.98. The summed E-state index contributed by atoms with van der Waals surface area (Å²) in [6.07, 6.45) is 4.14. The van der Waals surface area contributed by atoms with Crippen LogP contribution in [0.3, 0.4) is 0 Å². The zero-order chi connectivity index (χ0) is 19.7. The molecular formula is C25H26N2O2. The van der Waals surface area contributed by atoms with Gasteiger partial charge in [-0.1, -0.05) is 48.5 Å². The van der Waals surface area contributed by atoms with E-state index in [-0.39, 0.29) is 17.4 Å². The molecule has 0 radical (unpaired) electrons. The summed E-state index contributed by atoms with van der Waals surface area (Å²) in [7, 11) is 0. The number of carbonyl (C=O) groups is 1. The summed E-state index contributed by atoms with van der Waals surface area (Å²) in [5.41, 5.74) is 4.70. The first-order chi connectivity index (χ1) is 14.2. The van der Waals surface area contributed by atoms with Crippen LogP contribution in [0.15, 0.2) is 60.7 Å². The second-order valence-corrected chi connectivity index (χ2v) is 8.35. The van der Waals surface area contributed by atoms with Crippen molar-refractivity contribution in [1.82, 2.24) is 10.3 Å². The Bertz CT molecular complexity index is 1040. The normalized spacial score (nSPS) is 19.9. The SMILES string of the molecule is O=C(CCc1ccc2ccccc2n1)N[C@H]1c2ccccc2CC12CCOCC2. The summed E-state index contributed by atoms with van der Waals surface area (Å²) in [4.78, 5) is 17.6. The molecule has 1 aromatic heterocycles. The van der Waals surface area contributed by atoms with Crippen LogP contribution in [0.4, 0.5) is 0 Å². The first-order valence-corrected chi connectivity index (χ1v) is 10.5. The van der Waals surface area contributed by atoms with Crippen LogP contribution in [0.5, 0.6) is 0 Å². The molecule has 1 saturated heterocycles. The van der Waals surface area contributed by atoms with E-state index in [1.165, 1.54) is 11.1 Å². The number of ether oxygens (including phenoxy) is 1. The molecule has 1 N–H and O–H groups in total. The van der Waals surface area contributed by atoms with Gasteiger partial charge < -0.3 is 10.1 Å². The largest absolute Gasteiger partial charge is 0.381 e. The lowest BCUT2D eigenvalue weighted by atomic mass is 9.74. The van der Waals surface area contributed by atoms with Crippen molar-refractivity contribution in [1.29, 1.82) is 0 Å². The average molecular weight is 386 g/mol. The fraction of sp³-hybridized carbons (Fsp3) is 0.360. The van der Waals surface area contributed by atoms with Gasteiger partial charge in [-0.05, 0) is 48.9 Å². The molecule has 2 aromatic carbocycles. The van der Waals surface area contributed by atoms with Crippen LogP contribution in [0.25, 0.3) is 10.9 Å². The van der Waals surface area contributed by atoms with Gasteiger partial charge in [0.25, 0.3) is 0 Å². The quantitative estimate of drug-likeness (QED) is 0.724. The maximum atomic E-state index is 12.9. The van der Waals surface area contributed by atoms with Crippen molar-refractivity contribution in [2.45, 2.75) is 38.1 Å². The summed E-state index contributed by atoms with van der Waals surface area (Å²) >= 11 is 0. The Hall–Kier alpha value is -2.72. The molecule has 0 saturated carbocycles. The third kappa shape index (κ3) is 3.53. The molecule has 2 aliphatic rings. The second-order valence-electron chi connectivity index (χ2n) is 8.35. The first kappa shape index (κ1) is 18.3. The van der Waals surface area contributed by atoms with Gasteiger partial charge in [0.15, 0.2) is 0 Å². The average Bonchev–Trinajstić information content (AvgIpc) is 3.05. The van der Waals surface area contributed by atoms with Crippen molar-refractivity contribution in [2.75, 3.05) is 13.2 Å². The zero-order valence-corrected chi connectivity index (χ0v) is 16.6. The minimum atomic E-state index is 0.0830. The lowest BCUT2D eigenvalue weighted by molar-refractivity contribution is -0.123. The van der Waals surface area contributed by atoms with Crippen molar-refractivity contribution in [3.8, 4) is 0 Å². The number of benzene rings is 2. The van der Waals surface area contributed by atoms with Crippen molar-refractivity contribution < 1.29 is 9.53 Å². The van der Waals surface area contributed by atoms with E-state index in [2.05, 4.69) is 41.7 Å². The van der Waals surface area contributed by atoms with Gasteiger partial charge in [-0.25, -0.2) is 0 Å². The van der Waals surface area contributed by atoms with Crippen LogP contribution >= 0.6 is 0 Å². The number of hydrogen-bond donors (Lipinski definition) is 1. The van der Waals surface area contributed by atoms with Crippen LogP contribution in [0, 0.1) is 5.41 Å². The maximum Gasteiger partial charge on any atom is 0.220 e. The van der Waals surface area contributed by atoms with Crippen LogP contribution < -0.4 is 5.32 Å². The van der Waals surface area contributed by atoms with Crippen LogP contribution in [0.1, 0.15) is 42.1 Å². The van der Waals surface area contributed by atoms with Gasteiger partial charge in [-0.2, -0.15) is 0 Å². The number of nitrogens with one attached hydrogen (secondary N) is 1. The van der Waals surface area contributed by atoms with Crippen LogP contribution in [0.2, 0.25) is 0 Å². The third-order valence-electron chi connectivity index (χ3n) is 6.58. The molecule has 1 spiro atoms. The molecule has 0 unspecified atom stereocenters. The number of pyridine rings is 1. The van der Waals surface area contributed by atoms with E-state index in [0.29, 0.717) is 12.8 Å². The number of amides is 1. The Morgan fingerprint density at radius 3 is 2.72 bits per heavy atom. The highest BCUT2D eigenvalue weighted by molar-refractivity contribution is 5.79. The molecule has 0 bridgehead atoms. The Kier molecular flexibility index (Phi) is 4.80. The monoisotopic (exact) mass is 386 g/mol. The van der Waals surface area contributed by atoms with Crippen LogP contribution in [-0.4, -0.2) is 24.1 Å². The summed E-state index contributed by atoms with van der Waals surface area (Å²) in [6.45, 7) is 1.56. The summed E-state index contributed by atoms with van der Waals surface area (Å²) in [5.74, 6) is 0.104. The summed E-state index contributed by atoms with van der Waals surface area (Å²) in [6, 6.07) is 20.8. The Morgan fingerprint density at radius 2 is 1.83 bits per heavy atom. The van der Waals surface area contributed by atoms with Crippen molar-refractivity contribution in [2.24, 2.45) is 5.41 Å². The van der Waals surface area contributed by atoms with E-state index in [0.717, 1.165) is 49.1 Å². The molecule has 148 valence electrons. The van der Waals surface area contributed by atoms with Gasteiger partial charge in [0, 0.05) is 36.1 Å². The van der Waals surface area contributed by atoms with Gasteiger partial charge in [-0.15, -0.1) is 0 Å². The second kappa shape index (κ2) is 7.60. The molecule has 3 aromatic rings. The number of carbonyl (C=O) groups excluding carboxylic acids is 1. The Balaban J connectivity index is 1.30. The molecule has 4 heteroatoms. The number of aromatic nitrogens is 1. The third-order valence-corrected chi connectivity index (χ3v) is 6.58. The van der Waals surface area contributed by atoms with E-state index in [9.17, 15) is 4.79 Å². The number of hydrogen-bond acceptors (Lipinski definition) is 3. The van der Waals surface area contributed by atoms with Gasteiger partial charge in [0.1, 0.15) is 0 Å². The zero-order valence-electron chi connectivity index (χ0n) is 16.6. The van der Waals surface area contributed by atoms with E-state index in [4.69, 9.17) is 9.72 Å². The topological polar surface area (TPSA) is 51.2 Å². The molecule has 4 nitrogen and oxygen atoms in total. The lowest BCUT2D eigenvalue weighted by Gasteiger charge is -2.39. The highest BCUT2D eigenvalue weighted by atomic mass is 16.5. The molecule has 1 fully saturated rings. The van der Waals surface area contributed by atoms with Crippen LogP contribution in [-0.2, 0) is 22.4 Å². The smallest absolute Gasteiger partial charge is 0.220 e. The van der Waals surface area contributed by atoms with Gasteiger partial charge >= 0.3 is 0 Å². The van der Waals surface area contributed by atoms with Gasteiger partial charge in [-0.3, -0.25) is 9.78 Å². The fourth-order valence-electron chi connectivity index (χ4n) is 4.98. The summed E-state index contributed by atoms with van der Waals surface area (Å²) in [5, 5.41) is 4.51. The number of aryl methyl sites for hydroxylation is 1. The van der Waals surface area contributed by atoms with E-state index < -0.39 is 0 Å². The van der Waals surface area contributed by atoms with E-state index in [1.807, 2.05) is 24.3 Å². The minimum Gasteiger partial charge on any atom is -0.381 e.